The van der Waals surface area contributed by atoms with E-state index in [0.717, 1.165) is 6.42 Å². The monoisotopic (exact) mass is 324 g/mol. The molecular formula is C9H13IN2O3. The van der Waals surface area contributed by atoms with Crippen LogP contribution in [0.4, 0.5) is 0 Å². The third-order valence-corrected chi connectivity index (χ3v) is 2.63. The third-order valence-electron chi connectivity index (χ3n) is 1.86. The Bertz CT molecular complexity index is 424. The highest BCUT2D eigenvalue weighted by Crippen LogP contribution is 1.94. The molecule has 1 rings (SSSR count). The first-order valence-corrected chi connectivity index (χ1v) is 5.80. The molecule has 0 saturated heterocycles. The zero-order valence-corrected chi connectivity index (χ0v) is 10.6. The zero-order valence-electron chi connectivity index (χ0n) is 8.46. The lowest BCUT2D eigenvalue weighted by atomic mass is 10.4. The van der Waals surface area contributed by atoms with E-state index >= 15 is 0 Å². The second-order valence-electron chi connectivity index (χ2n) is 2.98. The molecule has 0 unspecified atom stereocenters. The summed E-state index contributed by atoms with van der Waals surface area (Å²) < 4.78 is 7.17. The number of halogens is 1. The molecule has 1 aromatic rings. The van der Waals surface area contributed by atoms with Crippen molar-refractivity contribution in [1.82, 2.24) is 9.55 Å². The van der Waals surface area contributed by atoms with Gasteiger partial charge in [-0.25, -0.2) is 4.79 Å². The fourth-order valence-corrected chi connectivity index (χ4v) is 1.60. The van der Waals surface area contributed by atoms with Crippen LogP contribution in [0.5, 0.6) is 0 Å². The standard InChI is InChI=1S/C9H13IN2O3/c1-2-15-5-3-4-12-6-7(10)8(13)11-9(12)14/h6H,2-5H2,1H3,(H,11,13,14). The molecule has 0 amide bonds. The number of H-pyrrole nitrogens is 1. The van der Waals surface area contributed by atoms with E-state index in [0.29, 0.717) is 23.3 Å². The molecule has 1 aromatic heterocycles. The third kappa shape index (κ3) is 3.78. The van der Waals surface area contributed by atoms with Crippen LogP contribution < -0.4 is 11.2 Å². The Morgan fingerprint density at radius 1 is 1.53 bits per heavy atom. The van der Waals surface area contributed by atoms with Crippen LogP contribution >= 0.6 is 22.6 Å². The predicted octanol–water partition coefficient (Wildman–Crippen LogP) is 0.568. The van der Waals surface area contributed by atoms with E-state index in [1.165, 1.54) is 4.57 Å². The number of aromatic amines is 1. The quantitative estimate of drug-likeness (QED) is 0.636. The van der Waals surface area contributed by atoms with Crippen LogP contribution in [0.15, 0.2) is 15.8 Å². The van der Waals surface area contributed by atoms with Crippen LogP contribution in [-0.4, -0.2) is 22.8 Å². The number of aromatic nitrogens is 2. The number of nitrogens with zero attached hydrogens (tertiary/aromatic N) is 1. The minimum absolute atomic E-state index is 0.332. The number of aryl methyl sites for hydroxylation is 1. The minimum Gasteiger partial charge on any atom is -0.382 e. The molecule has 0 radical (unpaired) electrons. The van der Waals surface area contributed by atoms with Gasteiger partial charge in [0.25, 0.3) is 5.56 Å². The Morgan fingerprint density at radius 3 is 2.93 bits per heavy atom. The van der Waals surface area contributed by atoms with Crippen LogP contribution in [0.1, 0.15) is 13.3 Å². The van der Waals surface area contributed by atoms with Crippen LogP contribution in [0.3, 0.4) is 0 Å². The first kappa shape index (κ1) is 12.4. The first-order chi connectivity index (χ1) is 7.15. The average molecular weight is 324 g/mol. The van der Waals surface area contributed by atoms with Crippen molar-refractivity contribution in [3.05, 3.63) is 30.6 Å². The largest absolute Gasteiger partial charge is 0.382 e. The average Bonchev–Trinajstić information content (AvgIpc) is 2.20. The number of ether oxygens (including phenoxy) is 1. The van der Waals surface area contributed by atoms with Crippen molar-refractivity contribution >= 4 is 22.6 Å². The molecule has 0 aliphatic carbocycles. The molecule has 15 heavy (non-hydrogen) atoms. The lowest BCUT2D eigenvalue weighted by Gasteiger charge is -2.05. The summed E-state index contributed by atoms with van der Waals surface area (Å²) in [6.45, 7) is 3.79. The Morgan fingerprint density at radius 2 is 2.27 bits per heavy atom. The lowest BCUT2D eigenvalue weighted by molar-refractivity contribution is 0.141. The summed E-state index contributed by atoms with van der Waals surface area (Å²) in [4.78, 5) is 24.6. The molecule has 0 atom stereocenters. The lowest BCUT2D eigenvalue weighted by Crippen LogP contribution is -2.31. The molecule has 0 aromatic carbocycles. The molecule has 84 valence electrons. The molecule has 0 fully saturated rings. The number of rotatable bonds is 5. The van der Waals surface area contributed by atoms with Gasteiger partial charge in [-0.1, -0.05) is 0 Å². The SMILES string of the molecule is CCOCCCn1cc(I)c(=O)[nH]c1=O. The fraction of sp³-hybridized carbons (Fsp3) is 0.556. The van der Waals surface area contributed by atoms with Gasteiger partial charge in [0.2, 0.25) is 0 Å². The van der Waals surface area contributed by atoms with Crippen LogP contribution in [0.2, 0.25) is 0 Å². The molecule has 0 spiro atoms. The van der Waals surface area contributed by atoms with Gasteiger partial charge < -0.3 is 4.74 Å². The molecule has 1 N–H and O–H groups in total. The van der Waals surface area contributed by atoms with Gasteiger partial charge in [0, 0.05) is 26.0 Å². The van der Waals surface area contributed by atoms with Gasteiger partial charge in [-0.05, 0) is 35.9 Å². The van der Waals surface area contributed by atoms with Crippen molar-refractivity contribution in [1.29, 1.82) is 0 Å². The predicted molar refractivity (Wildman–Crippen MR) is 65.1 cm³/mol. The van der Waals surface area contributed by atoms with E-state index in [1.807, 2.05) is 29.5 Å². The number of hydrogen-bond acceptors (Lipinski definition) is 3. The Labute approximate surface area is 101 Å². The second kappa shape index (κ2) is 6.06. The van der Waals surface area contributed by atoms with Crippen LogP contribution in [0, 0.1) is 3.57 Å². The maximum atomic E-state index is 11.3. The topological polar surface area (TPSA) is 64.1 Å². The van der Waals surface area contributed by atoms with Crippen molar-refractivity contribution in [2.24, 2.45) is 0 Å². The summed E-state index contributed by atoms with van der Waals surface area (Å²) in [7, 11) is 0. The molecule has 1 heterocycles. The van der Waals surface area contributed by atoms with Crippen molar-refractivity contribution < 1.29 is 4.74 Å². The fourth-order valence-electron chi connectivity index (χ4n) is 1.13. The maximum Gasteiger partial charge on any atom is 0.328 e. The first-order valence-electron chi connectivity index (χ1n) is 4.72. The van der Waals surface area contributed by atoms with Crippen LogP contribution in [0.25, 0.3) is 0 Å². The summed E-state index contributed by atoms with van der Waals surface area (Å²) in [6, 6.07) is 0. The summed E-state index contributed by atoms with van der Waals surface area (Å²) >= 11 is 1.90. The van der Waals surface area contributed by atoms with Gasteiger partial charge in [-0.2, -0.15) is 0 Å². The zero-order chi connectivity index (χ0) is 11.3. The van der Waals surface area contributed by atoms with Gasteiger partial charge in [0.15, 0.2) is 0 Å². The van der Waals surface area contributed by atoms with E-state index in [-0.39, 0.29) is 11.2 Å². The molecule has 0 bridgehead atoms. The van der Waals surface area contributed by atoms with Crippen molar-refractivity contribution in [2.75, 3.05) is 13.2 Å². The maximum absolute atomic E-state index is 11.3. The number of hydrogen-bond donors (Lipinski definition) is 1. The molecule has 6 heteroatoms. The molecule has 0 aliphatic rings. The summed E-state index contributed by atoms with van der Waals surface area (Å²) in [5.41, 5.74) is -0.696. The molecular weight excluding hydrogens is 311 g/mol. The van der Waals surface area contributed by atoms with Crippen molar-refractivity contribution in [3.63, 3.8) is 0 Å². The van der Waals surface area contributed by atoms with Gasteiger partial charge in [0.1, 0.15) is 0 Å². The smallest absolute Gasteiger partial charge is 0.328 e. The normalized spacial score (nSPS) is 10.5. The summed E-state index contributed by atoms with van der Waals surface area (Å²) in [5.74, 6) is 0. The van der Waals surface area contributed by atoms with Gasteiger partial charge in [0.05, 0.1) is 3.57 Å². The van der Waals surface area contributed by atoms with Crippen molar-refractivity contribution in [3.8, 4) is 0 Å². The van der Waals surface area contributed by atoms with E-state index in [1.54, 1.807) is 6.20 Å². The Balaban J connectivity index is 2.66. The van der Waals surface area contributed by atoms with Gasteiger partial charge >= 0.3 is 5.69 Å². The van der Waals surface area contributed by atoms with Gasteiger partial charge in [-0.3, -0.25) is 14.3 Å². The highest BCUT2D eigenvalue weighted by Gasteiger charge is 2.00. The highest BCUT2D eigenvalue weighted by atomic mass is 127. The van der Waals surface area contributed by atoms with Crippen molar-refractivity contribution in [2.45, 2.75) is 19.9 Å². The summed E-state index contributed by atoms with van der Waals surface area (Å²) in [6.07, 6.45) is 2.32. The van der Waals surface area contributed by atoms with Crippen LogP contribution in [-0.2, 0) is 11.3 Å². The summed E-state index contributed by atoms with van der Waals surface area (Å²) in [5, 5.41) is 0. The highest BCUT2D eigenvalue weighted by molar-refractivity contribution is 14.1. The number of nitrogens with one attached hydrogen (secondary N) is 1. The second-order valence-corrected chi connectivity index (χ2v) is 4.14. The Kier molecular flexibility index (Phi) is 5.03. The van der Waals surface area contributed by atoms with E-state index in [2.05, 4.69) is 4.98 Å². The van der Waals surface area contributed by atoms with Gasteiger partial charge in [-0.15, -0.1) is 0 Å². The van der Waals surface area contributed by atoms with E-state index in [4.69, 9.17) is 4.74 Å². The molecule has 0 saturated carbocycles. The van der Waals surface area contributed by atoms with E-state index < -0.39 is 0 Å². The minimum atomic E-state index is -0.364. The van der Waals surface area contributed by atoms with E-state index in [9.17, 15) is 9.59 Å². The molecule has 5 nitrogen and oxygen atoms in total. The Hall–Kier alpha value is -0.630. The molecule has 0 aliphatic heterocycles.